The Morgan fingerprint density at radius 1 is 1.47 bits per heavy atom. The first-order chi connectivity index (χ1) is 6.81. The van der Waals surface area contributed by atoms with Crippen molar-refractivity contribution in [2.45, 2.75) is 52.7 Å². The molecule has 0 spiro atoms. The number of amides is 1. The summed E-state index contributed by atoms with van der Waals surface area (Å²) >= 11 is 0. The van der Waals surface area contributed by atoms with E-state index in [4.69, 9.17) is 4.74 Å². The summed E-state index contributed by atoms with van der Waals surface area (Å²) in [4.78, 5) is 23.6. The average molecular weight is 215 g/mol. The van der Waals surface area contributed by atoms with E-state index in [0.29, 0.717) is 13.0 Å². The van der Waals surface area contributed by atoms with Gasteiger partial charge in [0.2, 0.25) is 0 Å². The van der Waals surface area contributed by atoms with E-state index in [2.05, 4.69) is 0 Å². The minimum Gasteiger partial charge on any atom is -0.444 e. The topological polar surface area (TPSA) is 46.6 Å². The highest BCUT2D eigenvalue weighted by molar-refractivity contribution is 5.69. The zero-order chi connectivity index (χ0) is 12.1. The fraction of sp³-hybridized carbons (Fsp3) is 0.818. The largest absolute Gasteiger partial charge is 0.444 e. The highest BCUT2D eigenvalue weighted by Gasteiger charge is 2.24. The molecule has 0 aliphatic rings. The zero-order valence-corrected chi connectivity index (χ0v) is 10.2. The van der Waals surface area contributed by atoms with Gasteiger partial charge in [-0.1, -0.05) is 0 Å². The van der Waals surface area contributed by atoms with Crippen LogP contribution in [0.5, 0.6) is 0 Å². The Hall–Kier alpha value is -1.06. The maximum atomic E-state index is 11.7. The molecule has 0 radical (unpaired) electrons. The van der Waals surface area contributed by atoms with Crippen LogP contribution in [-0.2, 0) is 9.53 Å². The summed E-state index contributed by atoms with van der Waals surface area (Å²) in [6.07, 6.45) is 0.796. The van der Waals surface area contributed by atoms with Crippen LogP contribution in [0, 0.1) is 0 Å². The third-order valence-corrected chi connectivity index (χ3v) is 1.94. The first kappa shape index (κ1) is 13.9. The van der Waals surface area contributed by atoms with Crippen molar-refractivity contribution in [3.63, 3.8) is 0 Å². The van der Waals surface area contributed by atoms with E-state index >= 15 is 0 Å². The molecule has 0 saturated carbocycles. The Balaban J connectivity index is 4.40. The van der Waals surface area contributed by atoms with E-state index in [-0.39, 0.29) is 12.1 Å². The molecule has 0 rings (SSSR count). The van der Waals surface area contributed by atoms with Gasteiger partial charge in [-0.25, -0.2) is 4.79 Å². The molecular formula is C11H21NO3. The Kier molecular flexibility index (Phi) is 5.33. The van der Waals surface area contributed by atoms with Crippen molar-refractivity contribution in [3.8, 4) is 0 Å². The Labute approximate surface area is 91.6 Å². The number of aldehydes is 1. The van der Waals surface area contributed by atoms with Crippen molar-refractivity contribution in [3.05, 3.63) is 0 Å². The third kappa shape index (κ3) is 5.40. The Morgan fingerprint density at radius 2 is 2.00 bits per heavy atom. The van der Waals surface area contributed by atoms with Crippen molar-refractivity contribution >= 4 is 12.4 Å². The quantitative estimate of drug-likeness (QED) is 0.675. The van der Waals surface area contributed by atoms with Crippen molar-refractivity contribution in [2.24, 2.45) is 0 Å². The molecule has 0 fully saturated rings. The van der Waals surface area contributed by atoms with Crippen LogP contribution in [0.2, 0.25) is 0 Å². The molecule has 1 unspecified atom stereocenters. The number of ether oxygens (including phenoxy) is 1. The monoisotopic (exact) mass is 215 g/mol. The maximum absolute atomic E-state index is 11.7. The lowest BCUT2D eigenvalue weighted by molar-refractivity contribution is -0.108. The Bertz CT molecular complexity index is 220. The van der Waals surface area contributed by atoms with Crippen molar-refractivity contribution < 1.29 is 14.3 Å². The molecule has 0 saturated heterocycles. The number of rotatable bonds is 4. The second-order valence-electron chi connectivity index (χ2n) is 4.52. The van der Waals surface area contributed by atoms with Gasteiger partial charge in [0.15, 0.2) is 0 Å². The number of hydrogen-bond acceptors (Lipinski definition) is 3. The first-order valence-electron chi connectivity index (χ1n) is 5.25. The van der Waals surface area contributed by atoms with Crippen molar-refractivity contribution in [2.75, 3.05) is 6.54 Å². The van der Waals surface area contributed by atoms with E-state index in [1.54, 1.807) is 4.90 Å². The molecule has 0 bridgehead atoms. The molecule has 0 aliphatic carbocycles. The fourth-order valence-corrected chi connectivity index (χ4v) is 1.21. The highest BCUT2D eigenvalue weighted by atomic mass is 16.6. The number of hydrogen-bond donors (Lipinski definition) is 0. The van der Waals surface area contributed by atoms with E-state index in [9.17, 15) is 9.59 Å². The highest BCUT2D eigenvalue weighted by Crippen LogP contribution is 2.12. The average Bonchev–Trinajstić information content (AvgIpc) is 2.02. The van der Waals surface area contributed by atoms with Crippen LogP contribution >= 0.6 is 0 Å². The zero-order valence-electron chi connectivity index (χ0n) is 10.2. The van der Waals surface area contributed by atoms with Crippen LogP contribution in [0.4, 0.5) is 4.79 Å². The van der Waals surface area contributed by atoms with E-state index < -0.39 is 5.60 Å². The molecule has 1 amide bonds. The first-order valence-corrected chi connectivity index (χ1v) is 5.25. The van der Waals surface area contributed by atoms with Crippen LogP contribution in [-0.4, -0.2) is 35.5 Å². The van der Waals surface area contributed by atoms with Gasteiger partial charge in [0.05, 0.1) is 0 Å². The molecule has 0 aliphatic heterocycles. The molecule has 4 heteroatoms. The van der Waals surface area contributed by atoms with E-state index in [1.165, 1.54) is 0 Å². The molecule has 1 atom stereocenters. The smallest absolute Gasteiger partial charge is 0.410 e. The molecule has 0 aromatic heterocycles. The van der Waals surface area contributed by atoms with Crippen LogP contribution in [0.1, 0.15) is 41.0 Å². The predicted molar refractivity (Wildman–Crippen MR) is 58.8 cm³/mol. The maximum Gasteiger partial charge on any atom is 0.410 e. The minimum atomic E-state index is -0.495. The number of carbonyl (C=O) groups excluding carboxylic acids is 2. The molecule has 0 aromatic rings. The van der Waals surface area contributed by atoms with Gasteiger partial charge in [-0.05, 0) is 34.6 Å². The van der Waals surface area contributed by atoms with Crippen LogP contribution < -0.4 is 0 Å². The van der Waals surface area contributed by atoms with Gasteiger partial charge in [0.1, 0.15) is 11.9 Å². The summed E-state index contributed by atoms with van der Waals surface area (Å²) in [6, 6.07) is -0.109. The van der Waals surface area contributed by atoms with Crippen LogP contribution in [0.25, 0.3) is 0 Å². The summed E-state index contributed by atoms with van der Waals surface area (Å²) in [7, 11) is 0. The number of carbonyl (C=O) groups is 2. The molecular weight excluding hydrogens is 194 g/mol. The third-order valence-electron chi connectivity index (χ3n) is 1.94. The van der Waals surface area contributed by atoms with E-state index in [0.717, 1.165) is 6.29 Å². The van der Waals surface area contributed by atoms with Gasteiger partial charge in [-0.2, -0.15) is 0 Å². The molecule has 0 aromatic carbocycles. The van der Waals surface area contributed by atoms with Gasteiger partial charge in [-0.3, -0.25) is 0 Å². The van der Waals surface area contributed by atoms with Gasteiger partial charge in [0, 0.05) is 19.0 Å². The molecule has 0 N–H and O–H groups in total. The SMILES string of the molecule is CCN(C(=O)OC(C)(C)C)C(C)CC=O. The minimum absolute atomic E-state index is 0.109. The van der Waals surface area contributed by atoms with Crippen LogP contribution in [0.15, 0.2) is 0 Å². The summed E-state index contributed by atoms with van der Waals surface area (Å²) in [6.45, 7) is 9.71. The predicted octanol–water partition coefficient (Wildman–Crippen LogP) is 2.22. The lowest BCUT2D eigenvalue weighted by Crippen LogP contribution is -2.42. The second-order valence-corrected chi connectivity index (χ2v) is 4.52. The normalized spacial score (nSPS) is 13.1. The van der Waals surface area contributed by atoms with Gasteiger partial charge >= 0.3 is 6.09 Å². The molecule has 88 valence electrons. The van der Waals surface area contributed by atoms with Gasteiger partial charge in [0.25, 0.3) is 0 Å². The van der Waals surface area contributed by atoms with Gasteiger partial charge < -0.3 is 14.4 Å². The van der Waals surface area contributed by atoms with Crippen LogP contribution in [0.3, 0.4) is 0 Å². The van der Waals surface area contributed by atoms with Crippen molar-refractivity contribution in [1.29, 1.82) is 0 Å². The summed E-state index contributed by atoms with van der Waals surface area (Å²) in [5.74, 6) is 0. The second kappa shape index (κ2) is 5.73. The lowest BCUT2D eigenvalue weighted by atomic mass is 10.2. The summed E-state index contributed by atoms with van der Waals surface area (Å²) in [5, 5.41) is 0. The lowest BCUT2D eigenvalue weighted by Gasteiger charge is -2.30. The van der Waals surface area contributed by atoms with Gasteiger partial charge in [-0.15, -0.1) is 0 Å². The van der Waals surface area contributed by atoms with Crippen molar-refractivity contribution in [1.82, 2.24) is 4.90 Å². The van der Waals surface area contributed by atoms with E-state index in [1.807, 2.05) is 34.6 Å². The fourth-order valence-electron chi connectivity index (χ4n) is 1.21. The summed E-state index contributed by atoms with van der Waals surface area (Å²) < 4.78 is 5.23. The molecule has 15 heavy (non-hydrogen) atoms. The molecule has 0 heterocycles. The standard InChI is InChI=1S/C11H21NO3/c1-6-12(9(2)7-8-13)10(14)15-11(3,4)5/h8-9H,6-7H2,1-5H3. The number of nitrogens with zero attached hydrogens (tertiary/aromatic N) is 1. The Morgan fingerprint density at radius 3 is 2.33 bits per heavy atom. The summed E-state index contributed by atoms with van der Waals surface area (Å²) in [5.41, 5.74) is -0.495. The molecule has 4 nitrogen and oxygen atoms in total.